The highest BCUT2D eigenvalue weighted by molar-refractivity contribution is 6.35. The first-order valence-electron chi connectivity index (χ1n) is 9.75. The van der Waals surface area contributed by atoms with Crippen LogP contribution < -0.4 is 0 Å². The average molecular weight is 428 g/mol. The summed E-state index contributed by atoms with van der Waals surface area (Å²) in [6, 6.07) is 13.2. The smallest absolute Gasteiger partial charge is 0.144 e. The van der Waals surface area contributed by atoms with Crippen LogP contribution in [0, 0.1) is 18.3 Å². The van der Waals surface area contributed by atoms with Crippen LogP contribution in [0.2, 0.25) is 10.0 Å². The van der Waals surface area contributed by atoms with Gasteiger partial charge in [0.25, 0.3) is 0 Å². The molecular formula is C24H23Cl2NO2. The van der Waals surface area contributed by atoms with E-state index in [-0.39, 0.29) is 17.0 Å². The molecule has 0 bridgehead atoms. The molecule has 29 heavy (non-hydrogen) atoms. The Morgan fingerprint density at radius 3 is 2.34 bits per heavy atom. The Morgan fingerprint density at radius 2 is 1.69 bits per heavy atom. The molecule has 0 spiro atoms. The Balaban J connectivity index is 1.97. The van der Waals surface area contributed by atoms with Crippen molar-refractivity contribution in [3.63, 3.8) is 0 Å². The SMILES string of the molecule is Cc1[nH]c2ccccc2c1C(c1ccc(Cl)cc1Cl)C1C(=O)CC(C)(C)CC1=O. The lowest BCUT2D eigenvalue weighted by molar-refractivity contribution is -0.140. The molecule has 1 aromatic heterocycles. The van der Waals surface area contributed by atoms with Crippen molar-refractivity contribution in [3.8, 4) is 0 Å². The number of carbonyl (C=O) groups excluding carboxylic acids is 2. The minimum absolute atomic E-state index is 0.0213. The van der Waals surface area contributed by atoms with Gasteiger partial charge in [0.05, 0.1) is 5.92 Å². The van der Waals surface area contributed by atoms with E-state index in [4.69, 9.17) is 23.2 Å². The average Bonchev–Trinajstić information content (AvgIpc) is 2.93. The number of aryl methyl sites for hydroxylation is 1. The molecule has 0 aliphatic heterocycles. The van der Waals surface area contributed by atoms with Crippen molar-refractivity contribution in [1.29, 1.82) is 0 Å². The van der Waals surface area contributed by atoms with E-state index in [1.165, 1.54) is 0 Å². The van der Waals surface area contributed by atoms with E-state index < -0.39 is 11.8 Å². The first kappa shape index (κ1) is 20.2. The number of H-pyrrole nitrogens is 1. The molecule has 0 amide bonds. The molecule has 3 nitrogen and oxygen atoms in total. The molecule has 0 saturated heterocycles. The predicted octanol–water partition coefficient (Wildman–Crippen LogP) is 6.49. The third kappa shape index (κ3) is 3.62. The summed E-state index contributed by atoms with van der Waals surface area (Å²) in [7, 11) is 0. The fourth-order valence-electron chi connectivity index (χ4n) is 4.73. The maximum Gasteiger partial charge on any atom is 0.144 e. The molecule has 1 N–H and O–H groups in total. The number of nitrogens with one attached hydrogen (secondary N) is 1. The highest BCUT2D eigenvalue weighted by atomic mass is 35.5. The fraction of sp³-hybridized carbons (Fsp3) is 0.333. The Hall–Kier alpha value is -2.10. The van der Waals surface area contributed by atoms with Crippen LogP contribution >= 0.6 is 23.2 Å². The van der Waals surface area contributed by atoms with E-state index in [9.17, 15) is 9.59 Å². The van der Waals surface area contributed by atoms with Crippen molar-refractivity contribution in [1.82, 2.24) is 4.98 Å². The van der Waals surface area contributed by atoms with Gasteiger partial charge in [-0.3, -0.25) is 9.59 Å². The summed E-state index contributed by atoms with van der Waals surface area (Å²) in [6.07, 6.45) is 0.763. The molecule has 1 saturated carbocycles. The van der Waals surface area contributed by atoms with Gasteiger partial charge in [-0.2, -0.15) is 0 Å². The fourth-order valence-corrected chi connectivity index (χ4v) is 5.26. The van der Waals surface area contributed by atoms with Gasteiger partial charge < -0.3 is 4.98 Å². The van der Waals surface area contributed by atoms with Gasteiger partial charge in [-0.05, 0) is 41.7 Å². The normalized spacial score (nSPS) is 18.4. The Morgan fingerprint density at radius 1 is 1.03 bits per heavy atom. The Labute approximate surface area is 180 Å². The molecule has 1 unspecified atom stereocenters. The summed E-state index contributed by atoms with van der Waals surface area (Å²) >= 11 is 12.7. The maximum atomic E-state index is 13.3. The number of Topliss-reactive ketones (excluding diaryl/α,β-unsaturated/α-hetero) is 2. The molecule has 2 aromatic carbocycles. The van der Waals surface area contributed by atoms with Crippen molar-refractivity contribution in [2.24, 2.45) is 11.3 Å². The number of aromatic amines is 1. The lowest BCUT2D eigenvalue weighted by Gasteiger charge is -2.36. The van der Waals surface area contributed by atoms with Gasteiger partial charge in [0.15, 0.2) is 0 Å². The standard InChI is InChI=1S/C24H23Cl2NO2/c1-13-21(16-6-4-5-7-18(16)27-13)22(15-9-8-14(25)10-17(15)26)23-19(28)11-24(2,3)12-20(23)29/h4-10,22-23,27H,11-12H2,1-3H3. The number of benzene rings is 2. The number of aromatic nitrogens is 1. The highest BCUT2D eigenvalue weighted by Gasteiger charge is 2.45. The first-order valence-corrected chi connectivity index (χ1v) is 10.5. The minimum Gasteiger partial charge on any atom is -0.358 e. The zero-order chi connectivity index (χ0) is 20.9. The number of ketones is 2. The molecule has 150 valence electrons. The van der Waals surface area contributed by atoms with E-state index in [0.29, 0.717) is 22.9 Å². The van der Waals surface area contributed by atoms with Crippen LogP contribution in [0.4, 0.5) is 0 Å². The van der Waals surface area contributed by atoms with Crippen molar-refractivity contribution < 1.29 is 9.59 Å². The molecule has 5 heteroatoms. The minimum atomic E-state index is -0.750. The second-order valence-electron chi connectivity index (χ2n) is 8.78. The number of fused-ring (bicyclic) bond motifs is 1. The molecule has 1 aliphatic rings. The van der Waals surface area contributed by atoms with Gasteiger partial charge in [0.2, 0.25) is 0 Å². The van der Waals surface area contributed by atoms with Gasteiger partial charge in [-0.15, -0.1) is 0 Å². The largest absolute Gasteiger partial charge is 0.358 e. The summed E-state index contributed by atoms with van der Waals surface area (Å²) in [5.41, 5.74) is 3.32. The summed E-state index contributed by atoms with van der Waals surface area (Å²) in [5.74, 6) is -1.24. The molecule has 1 heterocycles. The molecule has 3 aromatic rings. The summed E-state index contributed by atoms with van der Waals surface area (Å²) < 4.78 is 0. The zero-order valence-corrected chi connectivity index (χ0v) is 18.2. The molecule has 0 radical (unpaired) electrons. The van der Waals surface area contributed by atoms with Crippen LogP contribution in [0.25, 0.3) is 10.9 Å². The van der Waals surface area contributed by atoms with Crippen molar-refractivity contribution in [3.05, 3.63) is 69.3 Å². The molecule has 1 fully saturated rings. The van der Waals surface area contributed by atoms with Gasteiger partial charge in [0.1, 0.15) is 11.6 Å². The number of hydrogen-bond acceptors (Lipinski definition) is 2. The lowest BCUT2D eigenvalue weighted by atomic mass is 9.65. The van der Waals surface area contributed by atoms with Crippen LogP contribution in [0.15, 0.2) is 42.5 Å². The van der Waals surface area contributed by atoms with Crippen LogP contribution in [0.1, 0.15) is 49.4 Å². The Bertz CT molecular complexity index is 1110. The molecular weight excluding hydrogens is 405 g/mol. The third-order valence-electron chi connectivity index (χ3n) is 5.88. The summed E-state index contributed by atoms with van der Waals surface area (Å²) in [4.78, 5) is 29.9. The third-order valence-corrected chi connectivity index (χ3v) is 6.45. The molecule has 1 aliphatic carbocycles. The number of rotatable bonds is 3. The maximum absolute atomic E-state index is 13.3. The van der Waals surface area contributed by atoms with E-state index in [2.05, 4.69) is 4.98 Å². The van der Waals surface area contributed by atoms with E-state index in [1.54, 1.807) is 12.1 Å². The first-order chi connectivity index (χ1) is 13.7. The van der Waals surface area contributed by atoms with E-state index in [0.717, 1.165) is 27.7 Å². The number of carbonyl (C=O) groups is 2. The summed E-state index contributed by atoms with van der Waals surface area (Å²) in [6.45, 7) is 5.92. The van der Waals surface area contributed by atoms with E-state index in [1.807, 2.05) is 51.1 Å². The zero-order valence-electron chi connectivity index (χ0n) is 16.7. The second-order valence-corrected chi connectivity index (χ2v) is 9.62. The number of halogens is 2. The summed E-state index contributed by atoms with van der Waals surface area (Å²) in [5, 5.41) is 2.00. The molecule has 4 rings (SSSR count). The number of hydrogen-bond donors (Lipinski definition) is 1. The van der Waals surface area contributed by atoms with Crippen LogP contribution in [-0.2, 0) is 9.59 Å². The molecule has 1 atom stereocenters. The van der Waals surface area contributed by atoms with Gasteiger partial charge in [-0.25, -0.2) is 0 Å². The van der Waals surface area contributed by atoms with Crippen molar-refractivity contribution in [2.75, 3.05) is 0 Å². The van der Waals surface area contributed by atoms with Crippen molar-refractivity contribution >= 4 is 45.7 Å². The van der Waals surface area contributed by atoms with Crippen LogP contribution in [-0.4, -0.2) is 16.6 Å². The van der Waals surface area contributed by atoms with Gasteiger partial charge in [0, 0.05) is 45.4 Å². The van der Waals surface area contributed by atoms with Gasteiger partial charge in [-0.1, -0.05) is 61.3 Å². The lowest BCUT2D eigenvalue weighted by Crippen LogP contribution is -2.41. The number of para-hydroxylation sites is 1. The van der Waals surface area contributed by atoms with Crippen LogP contribution in [0.3, 0.4) is 0 Å². The quantitative estimate of drug-likeness (QED) is 0.485. The van der Waals surface area contributed by atoms with Crippen molar-refractivity contribution in [2.45, 2.75) is 39.5 Å². The Kier molecular flexibility index (Phi) is 5.08. The van der Waals surface area contributed by atoms with Gasteiger partial charge >= 0.3 is 0 Å². The monoisotopic (exact) mass is 427 g/mol. The second kappa shape index (κ2) is 7.30. The predicted molar refractivity (Wildman–Crippen MR) is 118 cm³/mol. The van der Waals surface area contributed by atoms with E-state index >= 15 is 0 Å². The van der Waals surface area contributed by atoms with Crippen LogP contribution in [0.5, 0.6) is 0 Å². The highest BCUT2D eigenvalue weighted by Crippen LogP contribution is 2.47. The topological polar surface area (TPSA) is 49.9 Å².